The highest BCUT2D eigenvalue weighted by atomic mass is 15.1. The maximum atomic E-state index is 4.10. The van der Waals surface area contributed by atoms with Crippen molar-refractivity contribution < 1.29 is 0 Å². The average molecular weight is 197 g/mol. The van der Waals surface area contributed by atoms with Crippen LogP contribution in [0.1, 0.15) is 5.56 Å². The summed E-state index contributed by atoms with van der Waals surface area (Å²) in [6.07, 6.45) is 1.70. The summed E-state index contributed by atoms with van der Waals surface area (Å²) in [4.78, 5) is 4.06. The van der Waals surface area contributed by atoms with Gasteiger partial charge in [0.2, 0.25) is 0 Å². The van der Waals surface area contributed by atoms with E-state index >= 15 is 0 Å². The van der Waals surface area contributed by atoms with Crippen molar-refractivity contribution in [2.45, 2.75) is 6.92 Å². The van der Waals surface area contributed by atoms with Crippen LogP contribution in [0.5, 0.6) is 0 Å². The molecule has 1 aromatic carbocycles. The maximum absolute atomic E-state index is 4.10. The maximum Gasteiger partial charge on any atom is 0.174 e. The normalized spacial score (nSPS) is 10.7. The Balaban J connectivity index is 2.19. The Morgan fingerprint density at radius 2 is 1.93 bits per heavy atom. The summed E-state index contributed by atoms with van der Waals surface area (Å²) in [5.74, 6) is 0.624. The molecule has 0 saturated heterocycles. The Hall–Kier alpha value is -2.03. The van der Waals surface area contributed by atoms with Crippen LogP contribution in [0.25, 0.3) is 0 Å². The molecule has 0 bridgehead atoms. The van der Waals surface area contributed by atoms with Crippen LogP contribution < -0.4 is 0 Å². The van der Waals surface area contributed by atoms with Crippen molar-refractivity contribution >= 4 is 11.5 Å². The van der Waals surface area contributed by atoms with Gasteiger partial charge in [0.1, 0.15) is 0 Å². The highest BCUT2D eigenvalue weighted by Gasteiger charge is 1.90. The first-order valence-electron chi connectivity index (χ1n) is 4.74. The summed E-state index contributed by atoms with van der Waals surface area (Å²) >= 11 is 0. The monoisotopic (exact) mass is 197 g/mol. The molecule has 0 N–H and O–H groups in total. The molecule has 0 fully saturated rings. The highest BCUT2D eigenvalue weighted by molar-refractivity contribution is 5.39. The van der Waals surface area contributed by atoms with Gasteiger partial charge in [-0.25, -0.2) is 4.98 Å². The zero-order chi connectivity index (χ0) is 10.5. The SMILES string of the molecule is Cc1cccc(N=Nc2ccccn2)c1. The fraction of sp³-hybridized carbons (Fsp3) is 0.0833. The van der Waals surface area contributed by atoms with Gasteiger partial charge in [-0.3, -0.25) is 0 Å². The Morgan fingerprint density at radius 3 is 2.67 bits per heavy atom. The van der Waals surface area contributed by atoms with Crippen LogP contribution in [0.2, 0.25) is 0 Å². The molecule has 0 aliphatic rings. The number of hydrogen-bond acceptors (Lipinski definition) is 3. The van der Waals surface area contributed by atoms with Crippen LogP contribution in [0, 0.1) is 6.92 Å². The molecule has 0 saturated carbocycles. The number of pyridine rings is 1. The van der Waals surface area contributed by atoms with Gasteiger partial charge in [-0.2, -0.15) is 0 Å². The summed E-state index contributed by atoms with van der Waals surface area (Å²) in [7, 11) is 0. The molecule has 74 valence electrons. The first-order chi connectivity index (χ1) is 7.34. The van der Waals surface area contributed by atoms with E-state index in [9.17, 15) is 0 Å². The third-order valence-electron chi connectivity index (χ3n) is 1.92. The molecular formula is C12H11N3. The van der Waals surface area contributed by atoms with E-state index in [0.717, 1.165) is 5.69 Å². The van der Waals surface area contributed by atoms with Gasteiger partial charge >= 0.3 is 0 Å². The minimum absolute atomic E-state index is 0.624. The molecule has 1 heterocycles. The molecule has 0 aliphatic carbocycles. The van der Waals surface area contributed by atoms with Crippen molar-refractivity contribution in [3.05, 3.63) is 54.2 Å². The van der Waals surface area contributed by atoms with Crippen molar-refractivity contribution in [1.82, 2.24) is 4.98 Å². The van der Waals surface area contributed by atoms with Crippen LogP contribution in [0.15, 0.2) is 58.9 Å². The van der Waals surface area contributed by atoms with Crippen molar-refractivity contribution in [2.24, 2.45) is 10.2 Å². The van der Waals surface area contributed by atoms with E-state index in [1.807, 2.05) is 49.4 Å². The van der Waals surface area contributed by atoms with Crippen LogP contribution in [0.3, 0.4) is 0 Å². The van der Waals surface area contributed by atoms with Gasteiger partial charge in [0, 0.05) is 6.20 Å². The van der Waals surface area contributed by atoms with Gasteiger partial charge in [-0.15, -0.1) is 10.2 Å². The number of rotatable bonds is 2. The van der Waals surface area contributed by atoms with Gasteiger partial charge in [-0.1, -0.05) is 18.2 Å². The molecule has 2 aromatic rings. The highest BCUT2D eigenvalue weighted by Crippen LogP contribution is 2.16. The van der Waals surface area contributed by atoms with Crippen LogP contribution in [-0.2, 0) is 0 Å². The standard InChI is InChI=1S/C12H11N3/c1-10-5-4-6-11(9-10)14-15-12-7-2-3-8-13-12/h2-9H,1H3. The predicted octanol–water partition coefficient (Wildman–Crippen LogP) is 3.81. The molecule has 3 heteroatoms. The molecule has 1 aromatic heterocycles. The van der Waals surface area contributed by atoms with Crippen LogP contribution in [-0.4, -0.2) is 4.98 Å². The quantitative estimate of drug-likeness (QED) is 0.674. The third kappa shape index (κ3) is 2.71. The molecule has 15 heavy (non-hydrogen) atoms. The Bertz CT molecular complexity index is 463. The smallest absolute Gasteiger partial charge is 0.174 e. The number of azo groups is 1. The molecule has 3 nitrogen and oxygen atoms in total. The van der Waals surface area contributed by atoms with Crippen LogP contribution in [0.4, 0.5) is 11.5 Å². The summed E-state index contributed by atoms with van der Waals surface area (Å²) in [6.45, 7) is 2.03. The number of nitrogens with zero attached hydrogens (tertiary/aromatic N) is 3. The number of hydrogen-bond donors (Lipinski definition) is 0. The lowest BCUT2D eigenvalue weighted by molar-refractivity contribution is 1.15. The molecule has 0 unspecified atom stereocenters. The topological polar surface area (TPSA) is 37.6 Å². The van der Waals surface area contributed by atoms with Gasteiger partial charge < -0.3 is 0 Å². The molecule has 2 rings (SSSR count). The molecule has 0 amide bonds. The molecule has 0 spiro atoms. The van der Waals surface area contributed by atoms with Crippen molar-refractivity contribution in [2.75, 3.05) is 0 Å². The van der Waals surface area contributed by atoms with E-state index in [0.29, 0.717) is 5.82 Å². The first kappa shape index (κ1) is 9.52. The second-order valence-corrected chi connectivity index (χ2v) is 3.23. The third-order valence-corrected chi connectivity index (χ3v) is 1.92. The zero-order valence-electron chi connectivity index (χ0n) is 8.46. The summed E-state index contributed by atoms with van der Waals surface area (Å²) < 4.78 is 0. The summed E-state index contributed by atoms with van der Waals surface area (Å²) in [6, 6.07) is 13.4. The fourth-order valence-electron chi connectivity index (χ4n) is 1.21. The predicted molar refractivity (Wildman–Crippen MR) is 59.6 cm³/mol. The van der Waals surface area contributed by atoms with E-state index in [2.05, 4.69) is 15.2 Å². The van der Waals surface area contributed by atoms with Crippen LogP contribution >= 0.6 is 0 Å². The van der Waals surface area contributed by atoms with Gasteiger partial charge in [0.15, 0.2) is 5.82 Å². The van der Waals surface area contributed by atoms with E-state index in [-0.39, 0.29) is 0 Å². The lowest BCUT2D eigenvalue weighted by atomic mass is 10.2. The van der Waals surface area contributed by atoms with Crippen molar-refractivity contribution in [3.63, 3.8) is 0 Å². The lowest BCUT2D eigenvalue weighted by Gasteiger charge is -1.93. The van der Waals surface area contributed by atoms with E-state index in [1.54, 1.807) is 6.20 Å². The van der Waals surface area contributed by atoms with Crippen molar-refractivity contribution in [1.29, 1.82) is 0 Å². The first-order valence-corrected chi connectivity index (χ1v) is 4.74. The van der Waals surface area contributed by atoms with Gasteiger partial charge in [0.25, 0.3) is 0 Å². The Morgan fingerprint density at radius 1 is 1.00 bits per heavy atom. The fourth-order valence-corrected chi connectivity index (χ4v) is 1.21. The summed E-state index contributed by atoms with van der Waals surface area (Å²) in [5.41, 5.74) is 2.02. The van der Waals surface area contributed by atoms with Crippen molar-refractivity contribution in [3.8, 4) is 0 Å². The molecule has 0 aliphatic heterocycles. The minimum Gasteiger partial charge on any atom is -0.236 e. The van der Waals surface area contributed by atoms with E-state index in [1.165, 1.54) is 5.56 Å². The van der Waals surface area contributed by atoms with Gasteiger partial charge in [-0.05, 0) is 36.8 Å². The average Bonchev–Trinajstić information content (AvgIpc) is 2.28. The molecule has 0 atom stereocenters. The van der Waals surface area contributed by atoms with E-state index in [4.69, 9.17) is 0 Å². The zero-order valence-corrected chi connectivity index (χ0v) is 8.46. The lowest BCUT2D eigenvalue weighted by Crippen LogP contribution is -1.70. The largest absolute Gasteiger partial charge is 0.236 e. The van der Waals surface area contributed by atoms with E-state index < -0.39 is 0 Å². The molecular weight excluding hydrogens is 186 g/mol. The Kier molecular flexibility index (Phi) is 2.83. The van der Waals surface area contributed by atoms with Gasteiger partial charge in [0.05, 0.1) is 5.69 Å². The minimum atomic E-state index is 0.624. The number of aryl methyl sites for hydroxylation is 1. The second-order valence-electron chi connectivity index (χ2n) is 3.23. The summed E-state index contributed by atoms with van der Waals surface area (Å²) in [5, 5.41) is 8.13. The molecule has 0 radical (unpaired) electrons. The second kappa shape index (κ2) is 4.46. The number of aromatic nitrogens is 1. The number of benzene rings is 1. The Labute approximate surface area is 88.5 Å².